The first-order valence-electron chi connectivity index (χ1n) is 9.09. The molecule has 1 aromatic carbocycles. The molecule has 0 amide bonds. The number of aryl methyl sites for hydroxylation is 1. The molecule has 2 N–H and O–H groups in total. The van der Waals surface area contributed by atoms with Gasteiger partial charge in [0.2, 0.25) is 0 Å². The first kappa shape index (κ1) is 18.1. The second-order valence-electron chi connectivity index (χ2n) is 6.49. The van der Waals surface area contributed by atoms with Crippen molar-refractivity contribution in [2.45, 2.75) is 32.4 Å². The van der Waals surface area contributed by atoms with Crippen molar-refractivity contribution in [1.82, 2.24) is 10.2 Å². The summed E-state index contributed by atoms with van der Waals surface area (Å²) in [6, 6.07) is 17.5. The molecule has 0 unspecified atom stereocenters. The zero-order valence-corrected chi connectivity index (χ0v) is 17.0. The normalized spacial score (nSPS) is 13.6. The van der Waals surface area contributed by atoms with Gasteiger partial charge in [-0.15, -0.1) is 32.9 Å². The van der Waals surface area contributed by atoms with E-state index in [4.69, 9.17) is 4.42 Å². The van der Waals surface area contributed by atoms with E-state index in [9.17, 15) is 0 Å². The summed E-state index contributed by atoms with van der Waals surface area (Å²) < 4.78 is 5.94. The molecular weight excluding hydrogens is 374 g/mol. The zero-order valence-electron chi connectivity index (χ0n) is 15.3. The van der Waals surface area contributed by atoms with Gasteiger partial charge in [-0.3, -0.25) is 0 Å². The van der Waals surface area contributed by atoms with Crippen LogP contribution in [0.2, 0.25) is 0 Å². The van der Waals surface area contributed by atoms with Crippen LogP contribution in [0.1, 0.15) is 47.8 Å². The van der Waals surface area contributed by atoms with E-state index in [2.05, 4.69) is 71.1 Å². The molecule has 138 valence electrons. The minimum absolute atomic E-state index is 0.0594. The number of thiophene rings is 2. The van der Waals surface area contributed by atoms with Crippen LogP contribution in [-0.4, -0.2) is 10.2 Å². The maximum absolute atomic E-state index is 5.94. The van der Waals surface area contributed by atoms with E-state index in [-0.39, 0.29) is 12.1 Å². The summed E-state index contributed by atoms with van der Waals surface area (Å²) in [5.41, 5.74) is 2.65. The molecule has 0 saturated heterocycles. The number of nitrogens with zero attached hydrogens (tertiary/aromatic N) is 2. The van der Waals surface area contributed by atoms with E-state index >= 15 is 0 Å². The van der Waals surface area contributed by atoms with Gasteiger partial charge >= 0.3 is 0 Å². The number of quaternary nitrogens is 1. The van der Waals surface area contributed by atoms with E-state index in [1.807, 2.05) is 17.5 Å². The molecule has 0 aliphatic heterocycles. The standard InChI is InChI=1S/C21H21N3OS2/c1-3-15-8-10-16(11-9-15)19(17-6-4-12-26-17)22-14(2)20-23-24-21(25-20)18-7-5-13-27-18/h4-14,19,22H,3H2,1-2H3/p+1/t14-,19-/m1/s1. The summed E-state index contributed by atoms with van der Waals surface area (Å²) in [4.78, 5) is 2.33. The smallest absolute Gasteiger partial charge is 0.274 e. The monoisotopic (exact) mass is 396 g/mol. The molecule has 4 rings (SSSR count). The average Bonchev–Trinajstić information content (AvgIpc) is 3.47. The van der Waals surface area contributed by atoms with Gasteiger partial charge in [0.1, 0.15) is 6.04 Å². The molecule has 0 radical (unpaired) electrons. The summed E-state index contributed by atoms with van der Waals surface area (Å²) in [5.74, 6) is 1.25. The topological polar surface area (TPSA) is 55.5 Å². The van der Waals surface area contributed by atoms with Gasteiger partial charge in [0.15, 0.2) is 6.04 Å². The van der Waals surface area contributed by atoms with Crippen molar-refractivity contribution < 1.29 is 9.73 Å². The highest BCUT2D eigenvalue weighted by Gasteiger charge is 2.26. The van der Waals surface area contributed by atoms with Gasteiger partial charge in [-0.1, -0.05) is 43.3 Å². The Morgan fingerprint density at radius 2 is 1.78 bits per heavy atom. The summed E-state index contributed by atoms with van der Waals surface area (Å²) in [5, 5.41) is 15.0. The van der Waals surface area contributed by atoms with Gasteiger partial charge in [0, 0.05) is 5.56 Å². The van der Waals surface area contributed by atoms with Gasteiger partial charge in [0.25, 0.3) is 11.8 Å². The Bertz CT molecular complexity index is 959. The largest absolute Gasteiger partial charge is 0.414 e. The number of hydrogen-bond donors (Lipinski definition) is 1. The van der Waals surface area contributed by atoms with E-state index in [0.717, 1.165) is 11.3 Å². The van der Waals surface area contributed by atoms with Gasteiger partial charge < -0.3 is 9.73 Å². The van der Waals surface area contributed by atoms with Crippen molar-refractivity contribution in [3.05, 3.63) is 81.2 Å². The Morgan fingerprint density at radius 1 is 1.00 bits per heavy atom. The Balaban J connectivity index is 1.57. The van der Waals surface area contributed by atoms with Crippen molar-refractivity contribution in [2.24, 2.45) is 0 Å². The third-order valence-electron chi connectivity index (χ3n) is 4.64. The van der Waals surface area contributed by atoms with Crippen molar-refractivity contribution in [3.8, 4) is 10.8 Å². The third-order valence-corrected chi connectivity index (χ3v) is 6.45. The van der Waals surface area contributed by atoms with Gasteiger partial charge in [-0.25, -0.2) is 0 Å². The van der Waals surface area contributed by atoms with E-state index in [1.165, 1.54) is 16.0 Å². The summed E-state index contributed by atoms with van der Waals surface area (Å²) in [7, 11) is 0. The highest BCUT2D eigenvalue weighted by molar-refractivity contribution is 7.13. The van der Waals surface area contributed by atoms with Gasteiger partial charge in [0.05, 0.1) is 9.75 Å². The van der Waals surface area contributed by atoms with Crippen LogP contribution in [0.5, 0.6) is 0 Å². The molecule has 0 spiro atoms. The summed E-state index contributed by atoms with van der Waals surface area (Å²) >= 11 is 3.39. The fraction of sp³-hybridized carbons (Fsp3) is 0.238. The molecule has 0 bridgehead atoms. The zero-order chi connectivity index (χ0) is 18.6. The van der Waals surface area contributed by atoms with Crippen molar-refractivity contribution in [3.63, 3.8) is 0 Å². The molecule has 27 heavy (non-hydrogen) atoms. The molecule has 3 aromatic heterocycles. The van der Waals surface area contributed by atoms with Crippen LogP contribution in [-0.2, 0) is 6.42 Å². The van der Waals surface area contributed by atoms with Crippen LogP contribution in [0.15, 0.2) is 63.7 Å². The number of rotatable bonds is 7. The number of aromatic nitrogens is 2. The van der Waals surface area contributed by atoms with Crippen LogP contribution >= 0.6 is 22.7 Å². The molecule has 4 aromatic rings. The van der Waals surface area contributed by atoms with Gasteiger partial charge in [-0.05, 0) is 41.8 Å². The van der Waals surface area contributed by atoms with Crippen LogP contribution in [0.4, 0.5) is 0 Å². The lowest BCUT2D eigenvalue weighted by atomic mass is 10.0. The third kappa shape index (κ3) is 4.03. The Kier molecular flexibility index (Phi) is 5.48. The molecular formula is C21H22N3OS2+. The molecule has 0 aliphatic rings. The quantitative estimate of drug-likeness (QED) is 0.486. The van der Waals surface area contributed by atoms with E-state index in [0.29, 0.717) is 11.8 Å². The van der Waals surface area contributed by atoms with E-state index in [1.54, 1.807) is 22.7 Å². The van der Waals surface area contributed by atoms with Crippen molar-refractivity contribution >= 4 is 22.7 Å². The highest BCUT2D eigenvalue weighted by Crippen LogP contribution is 2.26. The lowest BCUT2D eigenvalue weighted by Gasteiger charge is -2.18. The Morgan fingerprint density at radius 3 is 2.44 bits per heavy atom. The minimum atomic E-state index is 0.0594. The molecule has 4 nitrogen and oxygen atoms in total. The average molecular weight is 397 g/mol. The lowest BCUT2D eigenvalue weighted by Crippen LogP contribution is -2.85. The Hall–Kier alpha value is -2.28. The number of benzene rings is 1. The lowest BCUT2D eigenvalue weighted by molar-refractivity contribution is -0.725. The molecule has 0 saturated carbocycles. The molecule has 0 aliphatic carbocycles. The highest BCUT2D eigenvalue weighted by atomic mass is 32.1. The van der Waals surface area contributed by atoms with E-state index < -0.39 is 0 Å². The molecule has 6 heteroatoms. The fourth-order valence-electron chi connectivity index (χ4n) is 3.09. The van der Waals surface area contributed by atoms with Crippen LogP contribution < -0.4 is 5.32 Å². The van der Waals surface area contributed by atoms with Crippen molar-refractivity contribution in [1.29, 1.82) is 0 Å². The second-order valence-corrected chi connectivity index (χ2v) is 8.42. The van der Waals surface area contributed by atoms with Gasteiger partial charge in [-0.2, -0.15) is 0 Å². The van der Waals surface area contributed by atoms with Crippen LogP contribution in [0.3, 0.4) is 0 Å². The summed E-state index contributed by atoms with van der Waals surface area (Å²) in [6.07, 6.45) is 1.05. The Labute approximate surface area is 166 Å². The molecule has 3 heterocycles. The minimum Gasteiger partial charge on any atom is -0.414 e. The van der Waals surface area contributed by atoms with Crippen LogP contribution in [0.25, 0.3) is 10.8 Å². The second kappa shape index (κ2) is 8.17. The van der Waals surface area contributed by atoms with Crippen molar-refractivity contribution in [2.75, 3.05) is 0 Å². The molecule has 2 atom stereocenters. The number of nitrogens with two attached hydrogens (primary N) is 1. The fourth-order valence-corrected chi connectivity index (χ4v) is 4.57. The molecule has 0 fully saturated rings. The number of hydrogen-bond acceptors (Lipinski definition) is 5. The predicted molar refractivity (Wildman–Crippen MR) is 110 cm³/mol. The first-order valence-corrected chi connectivity index (χ1v) is 10.8. The van der Waals surface area contributed by atoms with Crippen LogP contribution in [0, 0.1) is 0 Å². The predicted octanol–water partition coefficient (Wildman–Crippen LogP) is 4.84. The SMILES string of the molecule is CCc1ccc([C@@H]([NH2+][C@H](C)c2nnc(-c3cccs3)o2)c2cccs2)cc1. The maximum Gasteiger partial charge on any atom is 0.274 e. The first-order chi connectivity index (χ1) is 13.2. The maximum atomic E-state index is 5.94. The summed E-state index contributed by atoms with van der Waals surface area (Å²) in [6.45, 7) is 4.30.